The molecule has 3 nitrogen and oxygen atoms in total. The van der Waals surface area contributed by atoms with Crippen molar-refractivity contribution >= 4 is 17.6 Å². The number of rotatable bonds is 3. The first-order chi connectivity index (χ1) is 8.12. The third-order valence-electron chi connectivity index (χ3n) is 1.89. The molecule has 0 atom stereocenters. The van der Waals surface area contributed by atoms with Gasteiger partial charge < -0.3 is 5.11 Å². The van der Waals surface area contributed by atoms with E-state index in [1.54, 1.807) is 0 Å². The van der Waals surface area contributed by atoms with Gasteiger partial charge in [-0.2, -0.15) is 13.2 Å². The second kappa shape index (κ2) is 5.05. The maximum atomic E-state index is 12.6. The highest BCUT2D eigenvalue weighted by molar-refractivity contribution is 6.31. The minimum Gasteiger partial charge on any atom is -0.481 e. The van der Waals surface area contributed by atoms with Crippen molar-refractivity contribution < 1.29 is 31.9 Å². The molecule has 0 unspecified atom stereocenters. The summed E-state index contributed by atoms with van der Waals surface area (Å²) in [5.41, 5.74) is -3.53. The third-order valence-corrected chi connectivity index (χ3v) is 2.19. The van der Waals surface area contributed by atoms with E-state index >= 15 is 0 Å². The largest absolute Gasteiger partial charge is 0.481 e. The molecule has 18 heavy (non-hydrogen) atoms. The third kappa shape index (κ3) is 3.28. The first-order valence-corrected chi connectivity index (χ1v) is 4.77. The van der Waals surface area contributed by atoms with Crippen LogP contribution in [0.4, 0.5) is 22.0 Å². The zero-order valence-electron chi connectivity index (χ0n) is 8.43. The molecule has 1 N–H and O–H groups in total. The van der Waals surface area contributed by atoms with E-state index in [9.17, 15) is 26.7 Å². The summed E-state index contributed by atoms with van der Waals surface area (Å²) in [7, 11) is 0. The summed E-state index contributed by atoms with van der Waals surface area (Å²) in [5, 5.41) is 7.44. The van der Waals surface area contributed by atoms with Crippen LogP contribution in [0.5, 0.6) is 0 Å². The lowest BCUT2D eigenvalue weighted by molar-refractivity contribution is -0.140. The average molecular weight is 290 g/mol. The number of aliphatic carboxylic acids is 1. The van der Waals surface area contributed by atoms with E-state index in [0.717, 1.165) is 0 Å². The van der Waals surface area contributed by atoms with Crippen LogP contribution in [0.25, 0.3) is 0 Å². The molecule has 0 bridgehead atoms. The lowest BCUT2D eigenvalue weighted by atomic mass is 10.1. The van der Waals surface area contributed by atoms with Crippen LogP contribution in [-0.2, 0) is 17.4 Å². The van der Waals surface area contributed by atoms with Gasteiger partial charge >= 0.3 is 12.1 Å². The SMILES string of the molecule is O=C(O)Cc1nc(C(F)F)cc(Cl)c1C(F)(F)F. The zero-order chi connectivity index (χ0) is 14.1. The molecule has 1 aromatic heterocycles. The van der Waals surface area contributed by atoms with Crippen molar-refractivity contribution in [2.75, 3.05) is 0 Å². The fraction of sp³-hybridized carbons (Fsp3) is 0.333. The number of carboxylic acid groups (broad SMARTS) is 1. The molecule has 9 heteroatoms. The quantitative estimate of drug-likeness (QED) is 0.869. The molecule has 1 aromatic rings. The number of pyridine rings is 1. The summed E-state index contributed by atoms with van der Waals surface area (Å²) in [6.45, 7) is 0. The van der Waals surface area contributed by atoms with Gasteiger partial charge in [0.2, 0.25) is 0 Å². The molecule has 0 amide bonds. The van der Waals surface area contributed by atoms with Crippen molar-refractivity contribution in [3.05, 3.63) is 28.0 Å². The predicted molar refractivity (Wildman–Crippen MR) is 50.5 cm³/mol. The summed E-state index contributed by atoms with van der Waals surface area (Å²) in [5.74, 6) is -1.63. The Bertz CT molecular complexity index is 475. The lowest BCUT2D eigenvalue weighted by Crippen LogP contribution is -2.16. The molecule has 0 fully saturated rings. The van der Waals surface area contributed by atoms with E-state index in [4.69, 9.17) is 16.7 Å². The van der Waals surface area contributed by atoms with Crippen LogP contribution in [0, 0.1) is 0 Å². The Balaban J connectivity index is 3.44. The Kier molecular flexibility index (Phi) is 4.10. The molecule has 1 heterocycles. The first-order valence-electron chi connectivity index (χ1n) is 4.39. The second-order valence-corrected chi connectivity index (χ2v) is 3.63. The van der Waals surface area contributed by atoms with Crippen molar-refractivity contribution in [2.24, 2.45) is 0 Å². The van der Waals surface area contributed by atoms with Crippen LogP contribution in [0.15, 0.2) is 6.07 Å². The topological polar surface area (TPSA) is 50.2 Å². The summed E-state index contributed by atoms with van der Waals surface area (Å²) in [6, 6.07) is 0.375. The molecule has 0 saturated carbocycles. The number of hydrogen-bond donors (Lipinski definition) is 1. The van der Waals surface area contributed by atoms with Crippen molar-refractivity contribution in [1.29, 1.82) is 0 Å². The molecule has 0 spiro atoms. The van der Waals surface area contributed by atoms with E-state index in [2.05, 4.69) is 4.98 Å². The number of nitrogens with zero attached hydrogens (tertiary/aromatic N) is 1. The van der Waals surface area contributed by atoms with Crippen LogP contribution in [0.3, 0.4) is 0 Å². The summed E-state index contributed by atoms with van der Waals surface area (Å²) in [6.07, 6.45) is -9.25. The Labute approximate surface area is 102 Å². The number of aromatic nitrogens is 1. The molecule has 0 aliphatic heterocycles. The second-order valence-electron chi connectivity index (χ2n) is 3.22. The Hall–Kier alpha value is -1.44. The number of alkyl halides is 5. The van der Waals surface area contributed by atoms with Crippen molar-refractivity contribution in [3.8, 4) is 0 Å². The maximum absolute atomic E-state index is 12.6. The van der Waals surface area contributed by atoms with Crippen molar-refractivity contribution in [1.82, 2.24) is 4.98 Å². The number of hydrogen-bond acceptors (Lipinski definition) is 2. The van der Waals surface area contributed by atoms with Crippen molar-refractivity contribution in [3.63, 3.8) is 0 Å². The average Bonchev–Trinajstić information content (AvgIpc) is 2.12. The molecule has 0 aromatic carbocycles. The number of carboxylic acids is 1. The maximum Gasteiger partial charge on any atom is 0.419 e. The highest BCUT2D eigenvalue weighted by Crippen LogP contribution is 2.38. The molecule has 0 aliphatic rings. The van der Waals surface area contributed by atoms with Crippen LogP contribution in [0.2, 0.25) is 5.02 Å². The van der Waals surface area contributed by atoms with E-state index in [0.29, 0.717) is 6.07 Å². The van der Waals surface area contributed by atoms with Gasteiger partial charge in [0.15, 0.2) is 0 Å². The Morgan fingerprint density at radius 1 is 1.44 bits per heavy atom. The van der Waals surface area contributed by atoms with Crippen molar-refractivity contribution in [2.45, 2.75) is 19.0 Å². The van der Waals surface area contributed by atoms with Gasteiger partial charge in [0.25, 0.3) is 6.43 Å². The first kappa shape index (κ1) is 14.6. The minimum absolute atomic E-state index is 0.375. The molecular formula is C9H5ClF5NO2. The van der Waals surface area contributed by atoms with E-state index in [1.807, 2.05) is 0 Å². The lowest BCUT2D eigenvalue weighted by Gasteiger charge is -2.14. The summed E-state index contributed by atoms with van der Waals surface area (Å²) >= 11 is 5.26. The normalized spacial score (nSPS) is 11.9. The fourth-order valence-corrected chi connectivity index (χ4v) is 1.59. The summed E-state index contributed by atoms with van der Waals surface area (Å²) < 4.78 is 62.4. The van der Waals surface area contributed by atoms with Gasteiger partial charge in [-0.25, -0.2) is 8.78 Å². The van der Waals surface area contributed by atoms with Gasteiger partial charge in [0, 0.05) is 0 Å². The Morgan fingerprint density at radius 2 is 2.00 bits per heavy atom. The van der Waals surface area contributed by atoms with Gasteiger partial charge in [-0.3, -0.25) is 9.78 Å². The zero-order valence-corrected chi connectivity index (χ0v) is 9.19. The summed E-state index contributed by atoms with van der Waals surface area (Å²) in [4.78, 5) is 13.4. The van der Waals surface area contributed by atoms with Crippen LogP contribution < -0.4 is 0 Å². The van der Waals surface area contributed by atoms with Gasteiger partial charge in [-0.15, -0.1) is 0 Å². The minimum atomic E-state index is -4.96. The van der Waals surface area contributed by atoms with Gasteiger partial charge in [-0.05, 0) is 6.07 Å². The number of carbonyl (C=O) groups is 1. The Morgan fingerprint density at radius 3 is 2.39 bits per heavy atom. The predicted octanol–water partition coefficient (Wildman–Crippen LogP) is 3.32. The standard InChI is InChI=1S/C9H5ClF5NO2/c10-3-1-5(8(11)12)16-4(2-6(17)18)7(3)9(13,14)15/h1,8H,2H2,(H,17,18). The molecule has 1 rings (SSSR count). The van der Waals surface area contributed by atoms with Crippen LogP contribution >= 0.6 is 11.6 Å². The van der Waals surface area contributed by atoms with E-state index in [1.165, 1.54) is 0 Å². The monoisotopic (exact) mass is 289 g/mol. The fourth-order valence-electron chi connectivity index (χ4n) is 1.27. The molecule has 0 radical (unpaired) electrons. The van der Waals surface area contributed by atoms with E-state index in [-0.39, 0.29) is 0 Å². The molecule has 0 aliphatic carbocycles. The highest BCUT2D eigenvalue weighted by Gasteiger charge is 2.38. The van der Waals surface area contributed by atoms with E-state index < -0.39 is 47.0 Å². The molecular weight excluding hydrogens is 285 g/mol. The smallest absolute Gasteiger partial charge is 0.419 e. The van der Waals surface area contributed by atoms with Gasteiger partial charge in [0.05, 0.1) is 22.7 Å². The highest BCUT2D eigenvalue weighted by atomic mass is 35.5. The van der Waals surface area contributed by atoms with Gasteiger partial charge in [-0.1, -0.05) is 11.6 Å². The van der Waals surface area contributed by atoms with Crippen LogP contribution in [0.1, 0.15) is 23.4 Å². The van der Waals surface area contributed by atoms with Crippen LogP contribution in [-0.4, -0.2) is 16.1 Å². The van der Waals surface area contributed by atoms with Gasteiger partial charge in [0.1, 0.15) is 5.69 Å². The number of halogens is 6. The molecule has 100 valence electrons. The molecule has 0 saturated heterocycles.